The third-order valence-electron chi connectivity index (χ3n) is 3.55. The second-order valence-electron chi connectivity index (χ2n) is 5.05. The summed E-state index contributed by atoms with van der Waals surface area (Å²) < 4.78 is 10.9. The van der Waals surface area contributed by atoms with E-state index in [0.717, 1.165) is 12.4 Å². The Kier molecular flexibility index (Phi) is 5.40. The maximum atomic E-state index is 11.9. The van der Waals surface area contributed by atoms with E-state index in [9.17, 15) is 4.79 Å². The molecule has 0 unspecified atom stereocenters. The van der Waals surface area contributed by atoms with Gasteiger partial charge in [-0.05, 0) is 49.9 Å². The molecule has 1 aliphatic carbocycles. The number of rotatable bonds is 7. The molecule has 2 rings (SSSR count). The molecule has 0 heterocycles. The molecule has 1 fully saturated rings. The summed E-state index contributed by atoms with van der Waals surface area (Å²) in [5.74, 6) is 1.50. The normalized spacial score (nSPS) is 15.6. The molecule has 0 saturated heterocycles. The molecule has 3 nitrogen and oxygen atoms in total. The number of ether oxygens (including phenoxy) is 2. The number of hydrogen-bond donors (Lipinski definition) is 0. The number of hydrogen-bond acceptors (Lipinski definition) is 3. The number of benzene rings is 1. The molecule has 0 spiro atoms. The largest absolute Gasteiger partial charge is 0.494 e. The van der Waals surface area contributed by atoms with E-state index < -0.39 is 0 Å². The van der Waals surface area contributed by atoms with Gasteiger partial charge >= 0.3 is 0 Å². The van der Waals surface area contributed by atoms with Gasteiger partial charge < -0.3 is 9.47 Å². The molecule has 0 atom stereocenters. The predicted octanol–water partition coefficient (Wildman–Crippen LogP) is 3.47. The number of carbonyl (C=O) groups is 1. The molecule has 0 amide bonds. The topological polar surface area (TPSA) is 35.5 Å². The van der Waals surface area contributed by atoms with E-state index in [1.54, 1.807) is 12.1 Å². The van der Waals surface area contributed by atoms with Crippen LogP contribution in [0.25, 0.3) is 0 Å². The second-order valence-corrected chi connectivity index (χ2v) is 5.05. The molecule has 0 N–H and O–H groups in total. The minimum absolute atomic E-state index is 0.0426. The van der Waals surface area contributed by atoms with Gasteiger partial charge in [-0.25, -0.2) is 0 Å². The first kappa shape index (κ1) is 14.1. The lowest BCUT2D eigenvalue weighted by Gasteiger charge is -2.09. The third-order valence-corrected chi connectivity index (χ3v) is 3.55. The van der Waals surface area contributed by atoms with Gasteiger partial charge in [-0.2, -0.15) is 0 Å². The second kappa shape index (κ2) is 7.29. The molecule has 0 aliphatic heterocycles. The van der Waals surface area contributed by atoms with E-state index in [0.29, 0.717) is 18.1 Å². The van der Waals surface area contributed by atoms with Gasteiger partial charge in [0.25, 0.3) is 0 Å². The Bertz CT molecular complexity index is 391. The van der Waals surface area contributed by atoms with E-state index in [4.69, 9.17) is 9.47 Å². The molecule has 1 saturated carbocycles. The lowest BCUT2D eigenvalue weighted by molar-refractivity contribution is 0.0681. The molecular formula is C16H22O3. The quantitative estimate of drug-likeness (QED) is 0.706. The lowest BCUT2D eigenvalue weighted by Crippen LogP contribution is -2.13. The predicted molar refractivity (Wildman–Crippen MR) is 74.7 cm³/mol. The Morgan fingerprint density at radius 2 is 1.89 bits per heavy atom. The summed E-state index contributed by atoms with van der Waals surface area (Å²) in [7, 11) is 0. The van der Waals surface area contributed by atoms with E-state index >= 15 is 0 Å². The lowest BCUT2D eigenvalue weighted by atomic mass is 10.1. The fraction of sp³-hybridized carbons (Fsp3) is 0.562. The molecule has 1 aromatic rings. The third kappa shape index (κ3) is 4.35. The van der Waals surface area contributed by atoms with Crippen molar-refractivity contribution < 1.29 is 14.3 Å². The van der Waals surface area contributed by atoms with Gasteiger partial charge in [-0.3, -0.25) is 4.79 Å². The minimum Gasteiger partial charge on any atom is -0.494 e. The van der Waals surface area contributed by atoms with Crippen LogP contribution >= 0.6 is 0 Å². The van der Waals surface area contributed by atoms with Gasteiger partial charge in [0.05, 0.1) is 13.2 Å². The van der Waals surface area contributed by atoms with Gasteiger partial charge in [-0.15, -0.1) is 0 Å². The Morgan fingerprint density at radius 3 is 2.53 bits per heavy atom. The van der Waals surface area contributed by atoms with Crippen LogP contribution in [0.5, 0.6) is 5.75 Å². The number of Topliss-reactive ketones (excluding diaryl/α,β-unsaturated/α-hetero) is 1. The van der Waals surface area contributed by atoms with Crippen molar-refractivity contribution in [1.82, 2.24) is 0 Å². The molecule has 0 radical (unpaired) electrons. The average Bonchev–Trinajstić information content (AvgIpc) is 2.93. The molecular weight excluding hydrogens is 240 g/mol. The first-order chi connectivity index (χ1) is 9.29. The van der Waals surface area contributed by atoms with Crippen molar-refractivity contribution in [3.05, 3.63) is 29.8 Å². The fourth-order valence-corrected chi connectivity index (χ4v) is 2.48. The van der Waals surface area contributed by atoms with Crippen LogP contribution in [0, 0.1) is 5.92 Å². The minimum atomic E-state index is 0.0426. The highest BCUT2D eigenvalue weighted by molar-refractivity contribution is 5.97. The molecule has 1 aliphatic rings. The van der Waals surface area contributed by atoms with Gasteiger partial charge in [0.15, 0.2) is 5.78 Å². The maximum Gasteiger partial charge on any atom is 0.188 e. The van der Waals surface area contributed by atoms with Crippen LogP contribution in [0.4, 0.5) is 0 Å². The monoisotopic (exact) mass is 262 g/mol. The van der Waals surface area contributed by atoms with Crippen LogP contribution in [0.1, 0.15) is 43.0 Å². The van der Waals surface area contributed by atoms with Crippen molar-refractivity contribution in [3.63, 3.8) is 0 Å². The number of ketones is 1. The van der Waals surface area contributed by atoms with Crippen molar-refractivity contribution >= 4 is 5.78 Å². The van der Waals surface area contributed by atoms with Crippen LogP contribution < -0.4 is 4.74 Å². The molecule has 0 aromatic heterocycles. The average molecular weight is 262 g/mol. The SMILES string of the molecule is CCOc1ccc(C(=O)COCC2CCCC2)cc1. The summed E-state index contributed by atoms with van der Waals surface area (Å²) in [6, 6.07) is 7.25. The van der Waals surface area contributed by atoms with Crippen molar-refractivity contribution in [2.45, 2.75) is 32.6 Å². The summed E-state index contributed by atoms with van der Waals surface area (Å²) in [5, 5.41) is 0. The highest BCUT2D eigenvalue weighted by Crippen LogP contribution is 2.24. The van der Waals surface area contributed by atoms with Gasteiger partial charge in [-0.1, -0.05) is 12.8 Å². The van der Waals surface area contributed by atoms with Crippen LogP contribution in [0.15, 0.2) is 24.3 Å². The maximum absolute atomic E-state index is 11.9. The highest BCUT2D eigenvalue weighted by Gasteiger charge is 2.15. The summed E-state index contributed by atoms with van der Waals surface area (Å²) in [5.41, 5.74) is 0.690. The molecule has 0 bridgehead atoms. The Hall–Kier alpha value is -1.35. The van der Waals surface area contributed by atoms with E-state index in [-0.39, 0.29) is 12.4 Å². The van der Waals surface area contributed by atoms with Gasteiger partial charge in [0.2, 0.25) is 0 Å². The van der Waals surface area contributed by atoms with Crippen molar-refractivity contribution in [2.75, 3.05) is 19.8 Å². The van der Waals surface area contributed by atoms with Crippen molar-refractivity contribution in [1.29, 1.82) is 0 Å². The Balaban J connectivity index is 1.75. The molecule has 19 heavy (non-hydrogen) atoms. The first-order valence-electron chi connectivity index (χ1n) is 7.13. The molecule has 3 heteroatoms. The van der Waals surface area contributed by atoms with Crippen molar-refractivity contribution in [2.24, 2.45) is 5.92 Å². The summed E-state index contributed by atoms with van der Waals surface area (Å²) in [6.45, 7) is 3.49. The standard InChI is InChI=1S/C16H22O3/c1-2-19-15-9-7-14(8-10-15)16(17)12-18-11-13-5-3-4-6-13/h7-10,13H,2-6,11-12H2,1H3. The van der Waals surface area contributed by atoms with Crippen molar-refractivity contribution in [3.8, 4) is 5.75 Å². The Morgan fingerprint density at radius 1 is 1.21 bits per heavy atom. The van der Waals surface area contributed by atoms with Gasteiger partial charge in [0, 0.05) is 5.56 Å². The Labute approximate surface area is 114 Å². The summed E-state index contributed by atoms with van der Waals surface area (Å²) >= 11 is 0. The smallest absolute Gasteiger partial charge is 0.188 e. The molecule has 1 aromatic carbocycles. The van der Waals surface area contributed by atoms with Gasteiger partial charge in [0.1, 0.15) is 12.4 Å². The van der Waals surface area contributed by atoms with E-state index in [1.165, 1.54) is 25.7 Å². The van der Waals surface area contributed by atoms with E-state index in [1.807, 2.05) is 19.1 Å². The zero-order chi connectivity index (χ0) is 13.5. The van der Waals surface area contributed by atoms with Crippen LogP contribution in [0.2, 0.25) is 0 Å². The van der Waals surface area contributed by atoms with Crippen LogP contribution in [-0.2, 0) is 4.74 Å². The summed E-state index contributed by atoms with van der Waals surface area (Å²) in [6.07, 6.45) is 5.11. The van der Waals surface area contributed by atoms with E-state index in [2.05, 4.69) is 0 Å². The van der Waals surface area contributed by atoms with Crippen LogP contribution in [-0.4, -0.2) is 25.6 Å². The zero-order valence-corrected chi connectivity index (χ0v) is 11.6. The molecule has 104 valence electrons. The zero-order valence-electron chi connectivity index (χ0n) is 11.6. The summed E-state index contributed by atoms with van der Waals surface area (Å²) in [4.78, 5) is 11.9. The fourth-order valence-electron chi connectivity index (χ4n) is 2.48. The first-order valence-corrected chi connectivity index (χ1v) is 7.13. The van der Waals surface area contributed by atoms with Crippen LogP contribution in [0.3, 0.4) is 0 Å². The highest BCUT2D eigenvalue weighted by atomic mass is 16.5. The number of carbonyl (C=O) groups excluding carboxylic acids is 1.